The van der Waals surface area contributed by atoms with Crippen LogP contribution in [0.25, 0.3) is 16.9 Å². The fourth-order valence-corrected chi connectivity index (χ4v) is 3.51. The molecular formula is C21H18ClFN4. The number of nitrogen functional groups attached to an aromatic ring is 1. The molecule has 0 aliphatic heterocycles. The number of halogens is 2. The van der Waals surface area contributed by atoms with Crippen molar-refractivity contribution in [1.29, 1.82) is 0 Å². The van der Waals surface area contributed by atoms with Crippen LogP contribution in [0.15, 0.2) is 54.6 Å². The molecule has 6 heteroatoms. The molecule has 0 bridgehead atoms. The highest BCUT2D eigenvalue weighted by Crippen LogP contribution is 2.38. The van der Waals surface area contributed by atoms with Crippen LogP contribution in [0, 0.1) is 19.7 Å². The van der Waals surface area contributed by atoms with Crippen LogP contribution in [0.1, 0.15) is 11.1 Å². The summed E-state index contributed by atoms with van der Waals surface area (Å²) in [5.41, 5.74) is 10.5. The molecule has 0 amide bonds. The highest BCUT2D eigenvalue weighted by molar-refractivity contribution is 6.33. The SMILES string of the molecule is Cc1cccc(C)c1Nc1c(-c2c(F)cccc2Cl)nc2cccc(N)n12. The van der Waals surface area contributed by atoms with Gasteiger partial charge in [-0.05, 0) is 49.2 Å². The Bertz CT molecular complexity index is 1130. The van der Waals surface area contributed by atoms with E-state index >= 15 is 0 Å². The molecule has 0 unspecified atom stereocenters. The van der Waals surface area contributed by atoms with Gasteiger partial charge in [0.2, 0.25) is 0 Å². The average Bonchev–Trinajstić information content (AvgIpc) is 2.97. The molecule has 27 heavy (non-hydrogen) atoms. The zero-order valence-electron chi connectivity index (χ0n) is 14.9. The molecule has 0 fully saturated rings. The lowest BCUT2D eigenvalue weighted by molar-refractivity contribution is 0.631. The first-order chi connectivity index (χ1) is 13.0. The van der Waals surface area contributed by atoms with Gasteiger partial charge in [0.1, 0.15) is 28.8 Å². The lowest BCUT2D eigenvalue weighted by Crippen LogP contribution is -2.04. The minimum atomic E-state index is -0.436. The van der Waals surface area contributed by atoms with E-state index in [0.29, 0.717) is 28.0 Å². The molecule has 4 nitrogen and oxygen atoms in total. The number of benzene rings is 2. The Morgan fingerprint density at radius 3 is 2.37 bits per heavy atom. The molecular weight excluding hydrogens is 363 g/mol. The van der Waals surface area contributed by atoms with E-state index in [4.69, 9.17) is 17.3 Å². The van der Waals surface area contributed by atoms with Crippen molar-refractivity contribution < 1.29 is 4.39 Å². The predicted molar refractivity (Wildman–Crippen MR) is 109 cm³/mol. The van der Waals surface area contributed by atoms with Crippen LogP contribution in [-0.2, 0) is 0 Å². The fraction of sp³-hybridized carbons (Fsp3) is 0.0952. The first kappa shape index (κ1) is 17.4. The first-order valence-corrected chi connectivity index (χ1v) is 8.89. The number of fused-ring (bicyclic) bond motifs is 1. The lowest BCUT2D eigenvalue weighted by atomic mass is 10.1. The summed E-state index contributed by atoms with van der Waals surface area (Å²) in [4.78, 5) is 4.62. The molecule has 0 saturated carbocycles. The molecule has 4 rings (SSSR count). The van der Waals surface area contributed by atoms with Crippen LogP contribution in [0.2, 0.25) is 5.02 Å². The molecule has 0 radical (unpaired) electrons. The van der Waals surface area contributed by atoms with Crippen molar-refractivity contribution in [3.8, 4) is 11.3 Å². The van der Waals surface area contributed by atoms with Crippen LogP contribution >= 0.6 is 11.6 Å². The van der Waals surface area contributed by atoms with Crippen LogP contribution in [0.4, 0.5) is 21.7 Å². The quantitative estimate of drug-likeness (QED) is 0.476. The number of aromatic nitrogens is 2. The van der Waals surface area contributed by atoms with Gasteiger partial charge in [-0.25, -0.2) is 9.37 Å². The number of pyridine rings is 1. The number of aryl methyl sites for hydroxylation is 2. The van der Waals surface area contributed by atoms with E-state index in [0.717, 1.165) is 16.8 Å². The third-order valence-electron chi connectivity index (χ3n) is 4.60. The van der Waals surface area contributed by atoms with Gasteiger partial charge in [-0.2, -0.15) is 0 Å². The summed E-state index contributed by atoms with van der Waals surface area (Å²) < 4.78 is 16.4. The summed E-state index contributed by atoms with van der Waals surface area (Å²) in [7, 11) is 0. The standard InChI is InChI=1S/C21H18ClFN4/c1-12-6-3-7-13(2)19(12)26-21-20(18-14(22)8-4-9-15(18)23)25-17-11-5-10-16(24)27(17)21/h3-11,26H,24H2,1-2H3. The second-order valence-electron chi connectivity index (χ2n) is 6.44. The van der Waals surface area contributed by atoms with Crippen molar-refractivity contribution in [2.75, 3.05) is 11.1 Å². The van der Waals surface area contributed by atoms with Crippen LogP contribution in [-0.4, -0.2) is 9.38 Å². The number of hydrogen-bond acceptors (Lipinski definition) is 3. The number of nitrogens with zero attached hydrogens (tertiary/aromatic N) is 2. The highest BCUT2D eigenvalue weighted by atomic mass is 35.5. The summed E-state index contributed by atoms with van der Waals surface area (Å²) in [5, 5.41) is 3.71. The van der Waals surface area contributed by atoms with Crippen molar-refractivity contribution in [1.82, 2.24) is 9.38 Å². The van der Waals surface area contributed by atoms with Crippen molar-refractivity contribution in [3.05, 3.63) is 76.6 Å². The maximum atomic E-state index is 14.6. The Kier molecular flexibility index (Phi) is 4.24. The number of anilines is 3. The van der Waals surface area contributed by atoms with E-state index < -0.39 is 5.82 Å². The van der Waals surface area contributed by atoms with E-state index in [-0.39, 0.29) is 5.56 Å². The van der Waals surface area contributed by atoms with E-state index in [2.05, 4.69) is 10.3 Å². The van der Waals surface area contributed by atoms with Gasteiger partial charge in [-0.15, -0.1) is 0 Å². The number of nitrogens with one attached hydrogen (secondary N) is 1. The number of imidazole rings is 1. The Labute approximate surface area is 161 Å². The van der Waals surface area contributed by atoms with Crippen molar-refractivity contribution in [3.63, 3.8) is 0 Å². The predicted octanol–water partition coefficient (Wildman–Crippen LogP) is 5.74. The molecule has 2 aromatic heterocycles. The van der Waals surface area contributed by atoms with Gasteiger partial charge < -0.3 is 11.1 Å². The Hall–Kier alpha value is -3.05. The van der Waals surface area contributed by atoms with Gasteiger partial charge in [0, 0.05) is 5.69 Å². The molecule has 0 saturated heterocycles. The summed E-state index contributed by atoms with van der Waals surface area (Å²) in [6.07, 6.45) is 0. The number of rotatable bonds is 3. The van der Waals surface area contributed by atoms with Crippen LogP contribution in [0.3, 0.4) is 0 Å². The van der Waals surface area contributed by atoms with E-state index in [1.54, 1.807) is 22.6 Å². The van der Waals surface area contributed by atoms with Gasteiger partial charge in [0.15, 0.2) is 0 Å². The molecule has 0 spiro atoms. The van der Waals surface area contributed by atoms with Gasteiger partial charge >= 0.3 is 0 Å². The van der Waals surface area contributed by atoms with Crippen molar-refractivity contribution >= 4 is 34.6 Å². The maximum Gasteiger partial charge on any atom is 0.145 e. The maximum absolute atomic E-state index is 14.6. The van der Waals surface area contributed by atoms with Crippen LogP contribution in [0.5, 0.6) is 0 Å². The lowest BCUT2D eigenvalue weighted by Gasteiger charge is -2.15. The Balaban J connectivity index is 2.03. The van der Waals surface area contributed by atoms with E-state index in [1.807, 2.05) is 44.2 Å². The molecule has 0 aliphatic rings. The normalized spacial score (nSPS) is 11.1. The molecule has 0 atom stereocenters. The third-order valence-corrected chi connectivity index (χ3v) is 4.91. The summed E-state index contributed by atoms with van der Waals surface area (Å²) in [6, 6.07) is 16.0. The highest BCUT2D eigenvalue weighted by Gasteiger charge is 2.21. The second-order valence-corrected chi connectivity index (χ2v) is 6.85. The smallest absolute Gasteiger partial charge is 0.145 e. The Morgan fingerprint density at radius 2 is 1.67 bits per heavy atom. The minimum Gasteiger partial charge on any atom is -0.385 e. The largest absolute Gasteiger partial charge is 0.385 e. The summed E-state index contributed by atoms with van der Waals surface area (Å²) in [5.74, 6) is 0.633. The molecule has 2 aromatic carbocycles. The summed E-state index contributed by atoms with van der Waals surface area (Å²) >= 11 is 6.32. The van der Waals surface area contributed by atoms with E-state index in [1.165, 1.54) is 6.07 Å². The van der Waals surface area contributed by atoms with Gasteiger partial charge in [0.25, 0.3) is 0 Å². The second kappa shape index (κ2) is 6.59. The van der Waals surface area contributed by atoms with Gasteiger partial charge in [0.05, 0.1) is 10.6 Å². The third kappa shape index (κ3) is 2.90. The van der Waals surface area contributed by atoms with Crippen molar-refractivity contribution in [2.24, 2.45) is 0 Å². The average molecular weight is 381 g/mol. The monoisotopic (exact) mass is 380 g/mol. The minimum absolute atomic E-state index is 0.246. The number of para-hydroxylation sites is 1. The van der Waals surface area contributed by atoms with Gasteiger partial charge in [-0.1, -0.05) is 41.9 Å². The van der Waals surface area contributed by atoms with E-state index in [9.17, 15) is 4.39 Å². The van der Waals surface area contributed by atoms with Crippen LogP contribution < -0.4 is 11.1 Å². The topological polar surface area (TPSA) is 55.3 Å². The van der Waals surface area contributed by atoms with Crippen molar-refractivity contribution in [2.45, 2.75) is 13.8 Å². The number of hydrogen-bond donors (Lipinski definition) is 2. The first-order valence-electron chi connectivity index (χ1n) is 8.52. The molecule has 136 valence electrons. The molecule has 4 aromatic rings. The molecule has 2 heterocycles. The molecule has 3 N–H and O–H groups in total. The summed E-state index contributed by atoms with van der Waals surface area (Å²) in [6.45, 7) is 4.02. The number of nitrogens with two attached hydrogens (primary N) is 1. The zero-order valence-corrected chi connectivity index (χ0v) is 15.7. The molecule has 0 aliphatic carbocycles. The zero-order chi connectivity index (χ0) is 19.1. The Morgan fingerprint density at radius 1 is 1.00 bits per heavy atom. The fourth-order valence-electron chi connectivity index (χ4n) is 3.26. The van der Waals surface area contributed by atoms with Gasteiger partial charge in [-0.3, -0.25) is 4.40 Å².